The first kappa shape index (κ1) is 21.1. The van der Waals surface area contributed by atoms with Crippen molar-refractivity contribution in [2.75, 3.05) is 18.6 Å². The standard InChI is InChI=1S/C20H22N4O3S/c1-4-5-10-22-19(26)15(12-21)11-16-13-28-20(23-16)24(14(2)25)17-6-8-18(27-3)9-7-17/h6-9,11,13H,4-5,10H2,1-3H3,(H,22,26)/b15-11+. The van der Waals surface area contributed by atoms with Crippen molar-refractivity contribution in [2.45, 2.75) is 26.7 Å². The molecular formula is C20H22N4O3S. The molecule has 0 atom stereocenters. The number of amides is 2. The fourth-order valence-corrected chi connectivity index (χ4v) is 3.22. The molecule has 2 amide bonds. The number of hydrogen-bond donors (Lipinski definition) is 1. The van der Waals surface area contributed by atoms with Crippen LogP contribution in [0.4, 0.5) is 10.8 Å². The number of carbonyl (C=O) groups excluding carboxylic acids is 2. The molecule has 7 nitrogen and oxygen atoms in total. The molecule has 0 spiro atoms. The Hall–Kier alpha value is -3.18. The van der Waals surface area contributed by atoms with Crippen LogP contribution in [0.1, 0.15) is 32.4 Å². The maximum absolute atomic E-state index is 12.2. The molecule has 0 fully saturated rings. The number of unbranched alkanes of at least 4 members (excludes halogenated alkanes) is 1. The minimum absolute atomic E-state index is 0.0215. The molecule has 0 saturated carbocycles. The summed E-state index contributed by atoms with van der Waals surface area (Å²) < 4.78 is 5.14. The number of methoxy groups -OCH3 is 1. The molecule has 2 aromatic rings. The molecule has 1 aromatic heterocycles. The lowest BCUT2D eigenvalue weighted by atomic mass is 10.2. The van der Waals surface area contributed by atoms with Crippen LogP contribution in [-0.4, -0.2) is 30.5 Å². The molecule has 2 rings (SSSR count). The third-order valence-corrected chi connectivity index (χ3v) is 4.66. The number of nitrogens with one attached hydrogen (secondary N) is 1. The van der Waals surface area contributed by atoms with Crippen LogP contribution < -0.4 is 15.0 Å². The normalized spacial score (nSPS) is 10.9. The maximum Gasteiger partial charge on any atom is 0.262 e. The van der Waals surface area contributed by atoms with E-state index in [0.29, 0.717) is 28.8 Å². The quantitative estimate of drug-likeness (QED) is 0.416. The molecule has 146 valence electrons. The van der Waals surface area contributed by atoms with Gasteiger partial charge in [0, 0.05) is 18.8 Å². The largest absolute Gasteiger partial charge is 0.497 e. The highest BCUT2D eigenvalue weighted by Crippen LogP contribution is 2.30. The second-order valence-corrected chi connectivity index (χ2v) is 6.72. The SMILES string of the molecule is CCCCNC(=O)/C(C#N)=C/c1csc(N(C(C)=O)c2ccc(OC)cc2)n1. The van der Waals surface area contributed by atoms with Crippen molar-refractivity contribution in [1.29, 1.82) is 5.26 Å². The van der Waals surface area contributed by atoms with E-state index in [1.165, 1.54) is 29.2 Å². The molecule has 0 aliphatic carbocycles. The molecule has 1 heterocycles. The lowest BCUT2D eigenvalue weighted by molar-refractivity contribution is -0.117. The zero-order chi connectivity index (χ0) is 20.5. The average Bonchev–Trinajstić information content (AvgIpc) is 3.14. The van der Waals surface area contributed by atoms with Gasteiger partial charge in [0.25, 0.3) is 5.91 Å². The summed E-state index contributed by atoms with van der Waals surface area (Å²) in [5.74, 6) is 0.0553. The summed E-state index contributed by atoms with van der Waals surface area (Å²) in [6, 6.07) is 8.94. The summed E-state index contributed by atoms with van der Waals surface area (Å²) >= 11 is 1.25. The van der Waals surface area contributed by atoms with Crippen LogP contribution in [-0.2, 0) is 9.59 Å². The van der Waals surface area contributed by atoms with Gasteiger partial charge in [0.1, 0.15) is 17.4 Å². The molecule has 28 heavy (non-hydrogen) atoms. The molecule has 0 saturated heterocycles. The van der Waals surface area contributed by atoms with Crippen LogP contribution in [0.3, 0.4) is 0 Å². The average molecular weight is 398 g/mol. The smallest absolute Gasteiger partial charge is 0.262 e. The van der Waals surface area contributed by atoms with Crippen molar-refractivity contribution in [3.8, 4) is 11.8 Å². The molecule has 0 radical (unpaired) electrons. The van der Waals surface area contributed by atoms with Gasteiger partial charge < -0.3 is 10.1 Å². The first-order valence-electron chi connectivity index (χ1n) is 8.80. The highest BCUT2D eigenvalue weighted by atomic mass is 32.1. The van der Waals surface area contributed by atoms with Gasteiger partial charge in [-0.15, -0.1) is 11.3 Å². The maximum atomic E-state index is 12.2. The van der Waals surface area contributed by atoms with Gasteiger partial charge >= 0.3 is 0 Å². The van der Waals surface area contributed by atoms with E-state index in [1.807, 2.05) is 13.0 Å². The van der Waals surface area contributed by atoms with E-state index in [-0.39, 0.29) is 11.5 Å². The number of benzene rings is 1. The Balaban J connectivity index is 2.25. The van der Waals surface area contributed by atoms with Gasteiger partial charge in [-0.2, -0.15) is 5.26 Å². The fourth-order valence-electron chi connectivity index (χ4n) is 2.37. The Morgan fingerprint density at radius 2 is 2.07 bits per heavy atom. The summed E-state index contributed by atoms with van der Waals surface area (Å²) in [6.07, 6.45) is 3.22. The molecule has 1 aromatic carbocycles. The highest BCUT2D eigenvalue weighted by Gasteiger charge is 2.18. The molecule has 0 aliphatic rings. The van der Waals surface area contributed by atoms with Crippen molar-refractivity contribution in [1.82, 2.24) is 10.3 Å². The lowest BCUT2D eigenvalue weighted by Gasteiger charge is -2.18. The predicted molar refractivity (Wildman–Crippen MR) is 109 cm³/mol. The number of anilines is 2. The number of thiazole rings is 1. The summed E-state index contributed by atoms with van der Waals surface area (Å²) in [5.41, 5.74) is 1.07. The Bertz CT molecular complexity index is 897. The van der Waals surface area contributed by atoms with Gasteiger partial charge in [-0.25, -0.2) is 4.98 Å². The molecule has 0 bridgehead atoms. The lowest BCUT2D eigenvalue weighted by Crippen LogP contribution is -2.25. The topological polar surface area (TPSA) is 95.3 Å². The van der Waals surface area contributed by atoms with Crippen LogP contribution in [0, 0.1) is 11.3 Å². The zero-order valence-electron chi connectivity index (χ0n) is 16.1. The predicted octanol–water partition coefficient (Wildman–Crippen LogP) is 3.66. The second-order valence-electron chi connectivity index (χ2n) is 5.89. The van der Waals surface area contributed by atoms with Crippen molar-refractivity contribution < 1.29 is 14.3 Å². The van der Waals surface area contributed by atoms with Crippen LogP contribution in [0.2, 0.25) is 0 Å². The molecule has 1 N–H and O–H groups in total. The number of nitriles is 1. The van der Waals surface area contributed by atoms with Crippen LogP contribution >= 0.6 is 11.3 Å². The summed E-state index contributed by atoms with van der Waals surface area (Å²) in [7, 11) is 1.57. The minimum atomic E-state index is -0.427. The fraction of sp³-hybridized carbons (Fsp3) is 0.300. The van der Waals surface area contributed by atoms with Crippen LogP contribution in [0.25, 0.3) is 6.08 Å². The van der Waals surface area contributed by atoms with E-state index in [9.17, 15) is 14.9 Å². The van der Waals surface area contributed by atoms with Crippen molar-refractivity contribution in [3.05, 3.63) is 40.9 Å². The zero-order valence-corrected chi connectivity index (χ0v) is 16.9. The number of hydrogen-bond acceptors (Lipinski definition) is 6. The Morgan fingerprint density at radius 3 is 2.64 bits per heavy atom. The van der Waals surface area contributed by atoms with E-state index in [1.54, 1.807) is 36.8 Å². The Morgan fingerprint density at radius 1 is 1.36 bits per heavy atom. The van der Waals surface area contributed by atoms with Crippen LogP contribution in [0.5, 0.6) is 5.75 Å². The highest BCUT2D eigenvalue weighted by molar-refractivity contribution is 7.14. The summed E-state index contributed by atoms with van der Waals surface area (Å²) in [5, 5.41) is 14.1. The van der Waals surface area contributed by atoms with Gasteiger partial charge in [-0.3, -0.25) is 14.5 Å². The van der Waals surface area contributed by atoms with E-state index in [2.05, 4.69) is 10.3 Å². The van der Waals surface area contributed by atoms with Crippen LogP contribution in [0.15, 0.2) is 35.2 Å². The Kier molecular flexibility index (Phi) is 7.72. The van der Waals surface area contributed by atoms with E-state index in [0.717, 1.165) is 12.8 Å². The van der Waals surface area contributed by atoms with Gasteiger partial charge in [0.05, 0.1) is 18.5 Å². The van der Waals surface area contributed by atoms with E-state index < -0.39 is 5.91 Å². The number of rotatable bonds is 8. The van der Waals surface area contributed by atoms with Gasteiger partial charge in [0.2, 0.25) is 5.91 Å². The summed E-state index contributed by atoms with van der Waals surface area (Å²) in [4.78, 5) is 30.1. The molecule has 0 aliphatic heterocycles. The van der Waals surface area contributed by atoms with E-state index in [4.69, 9.17) is 4.74 Å². The number of aromatic nitrogens is 1. The van der Waals surface area contributed by atoms with Crippen molar-refractivity contribution >= 4 is 40.0 Å². The van der Waals surface area contributed by atoms with Gasteiger partial charge in [0.15, 0.2) is 5.13 Å². The first-order valence-corrected chi connectivity index (χ1v) is 9.68. The number of carbonyl (C=O) groups is 2. The van der Waals surface area contributed by atoms with Crippen molar-refractivity contribution in [3.63, 3.8) is 0 Å². The summed E-state index contributed by atoms with van der Waals surface area (Å²) in [6.45, 7) is 3.99. The third kappa shape index (κ3) is 5.41. The van der Waals surface area contributed by atoms with Gasteiger partial charge in [-0.1, -0.05) is 13.3 Å². The van der Waals surface area contributed by atoms with Gasteiger partial charge in [-0.05, 0) is 36.8 Å². The molecule has 8 heteroatoms. The number of nitrogens with zero attached hydrogens (tertiary/aromatic N) is 3. The molecule has 0 unspecified atom stereocenters. The number of ether oxygens (including phenoxy) is 1. The Labute approximate surface area is 168 Å². The monoisotopic (exact) mass is 398 g/mol. The first-order chi connectivity index (χ1) is 13.5. The third-order valence-electron chi connectivity index (χ3n) is 3.82. The minimum Gasteiger partial charge on any atom is -0.497 e. The molecular weight excluding hydrogens is 376 g/mol. The van der Waals surface area contributed by atoms with Crippen molar-refractivity contribution in [2.24, 2.45) is 0 Å². The van der Waals surface area contributed by atoms with E-state index >= 15 is 0 Å². The second kappa shape index (κ2) is 10.2.